The van der Waals surface area contributed by atoms with Crippen LogP contribution in [-0.2, 0) is 64.2 Å². The summed E-state index contributed by atoms with van der Waals surface area (Å²) in [5, 5.41) is 12.6. The second-order valence-corrected chi connectivity index (χ2v) is 22.8. The number of anilines is 6. The second kappa shape index (κ2) is 23.0. The van der Waals surface area contributed by atoms with Gasteiger partial charge in [-0.2, -0.15) is 0 Å². The van der Waals surface area contributed by atoms with Crippen molar-refractivity contribution in [1.82, 2.24) is 0 Å². The van der Waals surface area contributed by atoms with E-state index < -0.39 is 0 Å². The van der Waals surface area contributed by atoms with Gasteiger partial charge in [0.15, 0.2) is 0 Å². The van der Waals surface area contributed by atoms with Crippen LogP contribution in [0, 0.1) is 0 Å². The topological polar surface area (TPSA) is 6.48 Å². The van der Waals surface area contributed by atoms with E-state index in [0.29, 0.717) is 0 Å². The van der Waals surface area contributed by atoms with Gasteiger partial charge in [0.2, 0.25) is 0 Å². The number of hydrogen-bond acceptors (Lipinski definition) is 2. The molecule has 0 saturated heterocycles. The summed E-state index contributed by atoms with van der Waals surface area (Å²) in [4.78, 5) is 5.21. The Morgan fingerprint density at radius 2 is 0.524 bits per heavy atom. The summed E-state index contributed by atoms with van der Waals surface area (Å²) in [7, 11) is 0. The van der Waals surface area contributed by atoms with Gasteiger partial charge >= 0.3 is 0 Å². The van der Waals surface area contributed by atoms with Crippen molar-refractivity contribution in [3.63, 3.8) is 0 Å². The van der Waals surface area contributed by atoms with E-state index in [1.54, 1.807) is 0 Å². The van der Waals surface area contributed by atoms with Crippen LogP contribution in [0.1, 0.15) is 125 Å². The smallest absolute Gasteiger partial charge is 0.0546 e. The van der Waals surface area contributed by atoms with Crippen molar-refractivity contribution < 1.29 is 0 Å². The molecule has 0 aliphatic carbocycles. The lowest BCUT2D eigenvalue weighted by molar-refractivity contribution is 1.03. The summed E-state index contributed by atoms with van der Waals surface area (Å²) < 4.78 is 0. The average Bonchev–Trinajstić information content (AvgIpc) is 2.11. The first-order valence-electron chi connectivity index (χ1n) is 31.1. The molecule has 0 aliphatic heterocycles. The van der Waals surface area contributed by atoms with Gasteiger partial charge in [0.05, 0.1) is 11.4 Å². The first-order chi connectivity index (χ1) is 40.2. The van der Waals surface area contributed by atoms with E-state index in [1.807, 2.05) is 0 Å². The standard InChI is InChI=1S/C80H80N2/c1-11-51-21-23-63-43-65(27-25-61(63)41-51)75-49-77(81(67-33-29-53(13-3)57(17-7)45-67)68-34-30-54(14-4)58(18-8)46-68)73-40-38-72-76(66-28-26-62-42-52(12-2)22-24-64(62)44-66)50-78(74-39-37-71(75)79(73)80(72)74)82(69-35-31-55(15-5)59(19-9)47-69)70-36-32-56(16-6)60(20-10)48-70/h21-50H,11-20H2,1-10H3. The quantitative estimate of drug-likeness (QED) is 0.0790. The summed E-state index contributed by atoms with van der Waals surface area (Å²) in [6.07, 6.45) is 9.92. The molecule has 0 amide bonds. The Hall–Kier alpha value is -8.20. The van der Waals surface area contributed by atoms with E-state index in [9.17, 15) is 0 Å². The Balaban J connectivity index is 1.26. The molecule has 0 aliphatic rings. The zero-order chi connectivity index (χ0) is 56.8. The molecular weight excluding hydrogens is 989 g/mol. The fraction of sp³-hybridized carbons (Fsp3) is 0.250. The minimum atomic E-state index is 0.971. The van der Waals surface area contributed by atoms with E-state index in [0.717, 1.165) is 64.2 Å². The molecule has 12 aromatic rings. The van der Waals surface area contributed by atoms with Crippen LogP contribution in [0.15, 0.2) is 182 Å². The monoisotopic (exact) mass is 1070 g/mol. The molecule has 0 fully saturated rings. The van der Waals surface area contributed by atoms with E-state index in [1.165, 1.54) is 166 Å². The van der Waals surface area contributed by atoms with Crippen molar-refractivity contribution in [3.8, 4) is 22.3 Å². The Kier molecular flexibility index (Phi) is 15.2. The Bertz CT molecular complexity index is 3970. The molecule has 0 saturated carbocycles. The largest absolute Gasteiger partial charge is 0.310 e. The Labute approximate surface area is 488 Å². The number of hydrogen-bond donors (Lipinski definition) is 0. The van der Waals surface area contributed by atoms with Crippen molar-refractivity contribution in [1.29, 1.82) is 0 Å². The van der Waals surface area contributed by atoms with Crippen LogP contribution in [0.2, 0.25) is 0 Å². The van der Waals surface area contributed by atoms with Crippen molar-refractivity contribution in [2.24, 2.45) is 0 Å². The van der Waals surface area contributed by atoms with Gasteiger partial charge in [-0.3, -0.25) is 0 Å². The molecule has 2 nitrogen and oxygen atoms in total. The summed E-state index contributed by atoms with van der Waals surface area (Å²) in [6.45, 7) is 22.9. The molecule has 2 heteroatoms. The molecule has 82 heavy (non-hydrogen) atoms. The fourth-order valence-corrected chi connectivity index (χ4v) is 13.7. The van der Waals surface area contributed by atoms with Crippen LogP contribution >= 0.6 is 0 Å². The summed E-state index contributed by atoms with van der Waals surface area (Å²) >= 11 is 0. The van der Waals surface area contributed by atoms with Gasteiger partial charge in [-0.1, -0.05) is 178 Å². The molecule has 0 spiro atoms. The molecule has 410 valence electrons. The number of nitrogens with zero attached hydrogens (tertiary/aromatic N) is 2. The van der Waals surface area contributed by atoms with E-state index in [-0.39, 0.29) is 0 Å². The highest BCUT2D eigenvalue weighted by atomic mass is 15.2. The molecule has 0 unspecified atom stereocenters. The highest BCUT2D eigenvalue weighted by molar-refractivity contribution is 6.32. The summed E-state index contributed by atoms with van der Waals surface area (Å²) in [6, 6.07) is 72.3. The van der Waals surface area contributed by atoms with Crippen LogP contribution in [0.5, 0.6) is 0 Å². The van der Waals surface area contributed by atoms with Crippen LogP contribution in [0.3, 0.4) is 0 Å². The third kappa shape index (κ3) is 9.58. The number of aryl methyl sites for hydroxylation is 10. The van der Waals surface area contributed by atoms with Gasteiger partial charge in [0.25, 0.3) is 0 Å². The molecule has 0 N–H and O–H groups in total. The first kappa shape index (κ1) is 54.4. The van der Waals surface area contributed by atoms with E-state index >= 15 is 0 Å². The molecule has 0 radical (unpaired) electrons. The summed E-state index contributed by atoms with van der Waals surface area (Å²) in [5.41, 5.74) is 26.0. The van der Waals surface area contributed by atoms with Crippen LogP contribution in [0.25, 0.3) is 76.1 Å². The van der Waals surface area contributed by atoms with Gasteiger partial charge < -0.3 is 9.80 Å². The predicted octanol–water partition coefficient (Wildman–Crippen LogP) is 22.8. The van der Waals surface area contributed by atoms with Crippen LogP contribution < -0.4 is 9.80 Å². The van der Waals surface area contributed by atoms with Crippen molar-refractivity contribution in [2.45, 2.75) is 133 Å². The minimum Gasteiger partial charge on any atom is -0.310 e. The average molecular weight is 1070 g/mol. The van der Waals surface area contributed by atoms with Gasteiger partial charge in [-0.05, 0) is 247 Å². The van der Waals surface area contributed by atoms with Gasteiger partial charge in [0, 0.05) is 44.3 Å². The molecule has 12 aromatic carbocycles. The van der Waals surface area contributed by atoms with Crippen molar-refractivity contribution in [2.75, 3.05) is 9.80 Å². The Morgan fingerprint density at radius 1 is 0.232 bits per heavy atom. The van der Waals surface area contributed by atoms with Gasteiger partial charge in [-0.25, -0.2) is 0 Å². The van der Waals surface area contributed by atoms with Gasteiger partial charge in [-0.15, -0.1) is 0 Å². The lowest BCUT2D eigenvalue weighted by atomic mass is 9.84. The van der Waals surface area contributed by atoms with Gasteiger partial charge in [0.1, 0.15) is 0 Å². The second-order valence-electron chi connectivity index (χ2n) is 22.8. The molecule has 0 atom stereocenters. The summed E-state index contributed by atoms with van der Waals surface area (Å²) in [5.74, 6) is 0. The van der Waals surface area contributed by atoms with E-state index in [4.69, 9.17) is 0 Å². The maximum Gasteiger partial charge on any atom is 0.0546 e. The predicted molar refractivity (Wildman–Crippen MR) is 359 cm³/mol. The van der Waals surface area contributed by atoms with Crippen LogP contribution in [0.4, 0.5) is 34.1 Å². The Morgan fingerprint density at radius 3 is 0.829 bits per heavy atom. The third-order valence-corrected chi connectivity index (χ3v) is 18.4. The van der Waals surface area contributed by atoms with E-state index in [2.05, 4.69) is 261 Å². The SMILES string of the molecule is CCc1ccc2cc(-c3cc(N(c4ccc(CC)c(CC)c4)c4ccc(CC)c(CC)c4)c4ccc5c(-c6ccc7cc(CC)ccc7c6)cc(N(c6ccc(CC)c(CC)c6)c6ccc(CC)c(CC)c6)c6ccc3c4c56)ccc2c1. The first-order valence-corrected chi connectivity index (χ1v) is 31.1. The maximum absolute atomic E-state index is 2.60. The molecule has 0 bridgehead atoms. The molecule has 12 rings (SSSR count). The lowest BCUT2D eigenvalue weighted by Gasteiger charge is -2.32. The highest BCUT2D eigenvalue weighted by Gasteiger charge is 2.27. The molecular formula is C80H80N2. The third-order valence-electron chi connectivity index (χ3n) is 18.4. The number of rotatable bonds is 18. The van der Waals surface area contributed by atoms with Crippen LogP contribution in [-0.4, -0.2) is 0 Å². The highest BCUT2D eigenvalue weighted by Crippen LogP contribution is 2.53. The zero-order valence-corrected chi connectivity index (χ0v) is 50.3. The lowest BCUT2D eigenvalue weighted by Crippen LogP contribution is -2.14. The normalized spacial score (nSPS) is 11.8. The van der Waals surface area contributed by atoms with Crippen molar-refractivity contribution >= 4 is 88.0 Å². The molecule has 0 aromatic heterocycles. The fourth-order valence-electron chi connectivity index (χ4n) is 13.7. The minimum absolute atomic E-state index is 0.971. The number of benzene rings is 12. The molecule has 0 heterocycles. The number of fused-ring (bicyclic) bond motifs is 2. The maximum atomic E-state index is 2.60. The van der Waals surface area contributed by atoms with Crippen molar-refractivity contribution in [3.05, 3.63) is 238 Å². The zero-order valence-electron chi connectivity index (χ0n) is 50.3.